The molecular formula is C25H33F2N3O. The molecular weight excluding hydrogens is 396 g/mol. The first kappa shape index (κ1) is 22.2. The lowest BCUT2D eigenvalue weighted by Gasteiger charge is -2.33. The number of hydrogen-bond donors (Lipinski definition) is 3. The van der Waals surface area contributed by atoms with Gasteiger partial charge in [0.25, 0.3) is 0 Å². The van der Waals surface area contributed by atoms with E-state index in [0.29, 0.717) is 16.8 Å². The highest BCUT2D eigenvalue weighted by atomic mass is 19.1. The van der Waals surface area contributed by atoms with E-state index in [1.807, 2.05) is 4.57 Å². The fraction of sp³-hybridized carbons (Fsp3) is 0.520. The number of halogens is 2. The first-order chi connectivity index (χ1) is 14.8. The summed E-state index contributed by atoms with van der Waals surface area (Å²) >= 11 is 0. The molecule has 3 aromatic rings. The van der Waals surface area contributed by atoms with Crippen molar-refractivity contribution in [1.82, 2.24) is 15.2 Å². The zero-order chi connectivity index (χ0) is 22.0. The van der Waals surface area contributed by atoms with Crippen LogP contribution in [0.15, 0.2) is 36.4 Å². The van der Waals surface area contributed by atoms with Gasteiger partial charge in [-0.05, 0) is 82.6 Å². The van der Waals surface area contributed by atoms with Crippen molar-refractivity contribution in [3.05, 3.63) is 48.0 Å². The Labute approximate surface area is 182 Å². The van der Waals surface area contributed by atoms with Crippen LogP contribution in [0.5, 0.6) is 0 Å². The van der Waals surface area contributed by atoms with Crippen molar-refractivity contribution >= 4 is 21.8 Å². The second kappa shape index (κ2) is 9.23. The van der Waals surface area contributed by atoms with Crippen LogP contribution in [-0.4, -0.2) is 34.4 Å². The van der Waals surface area contributed by atoms with Gasteiger partial charge in [-0.25, -0.2) is 8.78 Å². The van der Waals surface area contributed by atoms with Gasteiger partial charge in [-0.1, -0.05) is 19.3 Å². The second-order valence-electron chi connectivity index (χ2n) is 9.35. The maximum Gasteiger partial charge on any atom is 0.123 e. The fourth-order valence-electron chi connectivity index (χ4n) is 4.87. The molecule has 1 unspecified atom stereocenters. The van der Waals surface area contributed by atoms with Crippen LogP contribution in [0.4, 0.5) is 8.78 Å². The number of fused-ring (bicyclic) bond motifs is 3. The molecule has 0 bridgehead atoms. The number of nitrogens with zero attached hydrogens (tertiary/aromatic N) is 1. The van der Waals surface area contributed by atoms with Crippen LogP contribution in [0.25, 0.3) is 21.8 Å². The van der Waals surface area contributed by atoms with E-state index in [-0.39, 0.29) is 11.6 Å². The molecule has 0 aliphatic heterocycles. The number of aromatic nitrogens is 1. The third-order valence-electron chi connectivity index (χ3n) is 6.38. The Morgan fingerprint density at radius 2 is 1.55 bits per heavy atom. The molecule has 1 aromatic heterocycles. The number of benzene rings is 2. The van der Waals surface area contributed by atoms with Crippen LogP contribution in [0.2, 0.25) is 0 Å². The summed E-state index contributed by atoms with van der Waals surface area (Å²) in [6.07, 6.45) is 6.97. The smallest absolute Gasteiger partial charge is 0.123 e. The molecule has 31 heavy (non-hydrogen) atoms. The summed E-state index contributed by atoms with van der Waals surface area (Å²) in [6, 6.07) is 9.71. The molecule has 0 saturated heterocycles. The highest BCUT2D eigenvalue weighted by Crippen LogP contribution is 2.35. The molecule has 0 spiro atoms. The molecule has 4 nitrogen and oxygen atoms in total. The van der Waals surface area contributed by atoms with Crippen LogP contribution in [0.3, 0.4) is 0 Å². The first-order valence-electron chi connectivity index (χ1n) is 11.4. The molecule has 1 heterocycles. The summed E-state index contributed by atoms with van der Waals surface area (Å²) in [5, 5.41) is 19.4. The van der Waals surface area contributed by atoms with Gasteiger partial charge in [-0.2, -0.15) is 0 Å². The highest BCUT2D eigenvalue weighted by Gasteiger charge is 2.30. The predicted molar refractivity (Wildman–Crippen MR) is 122 cm³/mol. The minimum absolute atomic E-state index is 0.364. The molecule has 1 aliphatic rings. The number of nitrogens with one attached hydrogen (secondary N) is 2. The Hall–Kier alpha value is -2.02. The van der Waals surface area contributed by atoms with Gasteiger partial charge in [0.15, 0.2) is 0 Å². The topological polar surface area (TPSA) is 49.2 Å². The predicted octanol–water partition coefficient (Wildman–Crippen LogP) is 5.24. The van der Waals surface area contributed by atoms with Crippen LogP contribution in [0, 0.1) is 11.6 Å². The van der Waals surface area contributed by atoms with Crippen molar-refractivity contribution in [3.8, 4) is 0 Å². The van der Waals surface area contributed by atoms with Gasteiger partial charge in [-0.3, -0.25) is 5.32 Å². The van der Waals surface area contributed by atoms with Crippen LogP contribution in [0.1, 0.15) is 58.5 Å². The van der Waals surface area contributed by atoms with E-state index in [9.17, 15) is 13.9 Å². The lowest BCUT2D eigenvalue weighted by Crippen LogP contribution is -2.44. The molecule has 1 atom stereocenters. The van der Waals surface area contributed by atoms with Gasteiger partial charge < -0.3 is 15.0 Å². The van der Waals surface area contributed by atoms with Crippen molar-refractivity contribution in [2.75, 3.05) is 13.1 Å². The second-order valence-corrected chi connectivity index (χ2v) is 9.35. The minimum atomic E-state index is -1.08. The van der Waals surface area contributed by atoms with Crippen molar-refractivity contribution in [3.63, 3.8) is 0 Å². The lowest BCUT2D eigenvalue weighted by molar-refractivity contribution is 0.0115. The van der Waals surface area contributed by atoms with Gasteiger partial charge in [-0.15, -0.1) is 0 Å². The van der Waals surface area contributed by atoms with Gasteiger partial charge >= 0.3 is 0 Å². The van der Waals surface area contributed by atoms with Gasteiger partial charge in [0.2, 0.25) is 0 Å². The Morgan fingerprint density at radius 3 is 2.10 bits per heavy atom. The van der Waals surface area contributed by atoms with Crippen molar-refractivity contribution in [1.29, 1.82) is 0 Å². The summed E-state index contributed by atoms with van der Waals surface area (Å²) in [7, 11) is 0. The van der Waals surface area contributed by atoms with E-state index in [2.05, 4.69) is 10.6 Å². The van der Waals surface area contributed by atoms with E-state index >= 15 is 0 Å². The summed E-state index contributed by atoms with van der Waals surface area (Å²) in [4.78, 5) is 0. The molecule has 0 radical (unpaired) electrons. The van der Waals surface area contributed by atoms with Gasteiger partial charge in [0.05, 0.1) is 16.6 Å². The normalized spacial score (nSPS) is 16.9. The lowest BCUT2D eigenvalue weighted by atomic mass is 9.95. The summed E-state index contributed by atoms with van der Waals surface area (Å²) in [5.74, 6) is -0.727. The molecule has 2 aromatic carbocycles. The zero-order valence-corrected chi connectivity index (χ0v) is 18.4. The third kappa shape index (κ3) is 4.92. The Balaban J connectivity index is 1.57. The Morgan fingerprint density at radius 1 is 0.968 bits per heavy atom. The van der Waals surface area contributed by atoms with Crippen molar-refractivity contribution in [2.45, 2.75) is 70.2 Å². The minimum Gasteiger partial charge on any atom is -0.387 e. The van der Waals surface area contributed by atoms with Crippen LogP contribution < -0.4 is 10.6 Å². The average Bonchev–Trinajstić information content (AvgIpc) is 3.03. The van der Waals surface area contributed by atoms with E-state index in [0.717, 1.165) is 30.5 Å². The molecule has 6 heteroatoms. The van der Waals surface area contributed by atoms with Gasteiger partial charge in [0.1, 0.15) is 17.8 Å². The molecule has 1 saturated carbocycles. The van der Waals surface area contributed by atoms with Crippen LogP contribution in [-0.2, 0) is 0 Å². The molecule has 168 valence electrons. The highest BCUT2D eigenvalue weighted by molar-refractivity contribution is 6.08. The Bertz CT molecular complexity index is 975. The number of hydrogen-bond acceptors (Lipinski definition) is 3. The first-order valence-corrected chi connectivity index (χ1v) is 11.4. The van der Waals surface area contributed by atoms with E-state index in [4.69, 9.17) is 0 Å². The summed E-state index contributed by atoms with van der Waals surface area (Å²) in [5.41, 5.74) is 0.447. The quantitative estimate of drug-likeness (QED) is 0.429. The van der Waals surface area contributed by atoms with Crippen LogP contribution >= 0.6 is 0 Å². The standard InChI is InChI=1S/C25H33F2N3O/c1-25(2,31)24(29-14-6-13-28-19-7-4-3-5-8-19)30-22-11-9-17(26)15-20(22)21-16-18(27)10-12-23(21)30/h9-12,15-16,19,24,28-29,31H,3-8,13-14H2,1-2H3. The maximum absolute atomic E-state index is 14.0. The van der Waals surface area contributed by atoms with E-state index in [1.54, 1.807) is 26.0 Å². The largest absolute Gasteiger partial charge is 0.387 e. The molecule has 3 N–H and O–H groups in total. The number of rotatable bonds is 8. The summed E-state index contributed by atoms with van der Waals surface area (Å²) < 4.78 is 29.9. The molecule has 4 rings (SSSR count). The monoisotopic (exact) mass is 429 g/mol. The van der Waals surface area contributed by atoms with Crippen molar-refractivity contribution < 1.29 is 13.9 Å². The SMILES string of the molecule is CC(C)(O)C(NCCCNC1CCCCC1)n1c2ccc(F)cc2c2cc(F)ccc21. The maximum atomic E-state index is 14.0. The zero-order valence-electron chi connectivity index (χ0n) is 18.4. The van der Waals surface area contributed by atoms with Crippen molar-refractivity contribution in [2.24, 2.45) is 0 Å². The van der Waals surface area contributed by atoms with E-state index < -0.39 is 11.8 Å². The summed E-state index contributed by atoms with van der Waals surface area (Å²) in [6.45, 7) is 5.17. The molecule has 0 amide bonds. The number of aliphatic hydroxyl groups is 1. The Kier molecular flexibility index (Phi) is 6.60. The molecule has 1 aliphatic carbocycles. The van der Waals surface area contributed by atoms with Gasteiger partial charge in [0, 0.05) is 16.8 Å². The average molecular weight is 430 g/mol. The fourth-order valence-corrected chi connectivity index (χ4v) is 4.87. The third-order valence-corrected chi connectivity index (χ3v) is 6.38. The molecule has 1 fully saturated rings. The van der Waals surface area contributed by atoms with E-state index in [1.165, 1.54) is 56.4 Å².